The van der Waals surface area contributed by atoms with E-state index in [0.717, 1.165) is 31.7 Å². The summed E-state index contributed by atoms with van der Waals surface area (Å²) in [6, 6.07) is 9.25. The summed E-state index contributed by atoms with van der Waals surface area (Å²) >= 11 is 0. The van der Waals surface area contributed by atoms with Gasteiger partial charge in [0.2, 0.25) is 5.91 Å². The molecule has 25 heavy (non-hydrogen) atoms. The van der Waals surface area contributed by atoms with Crippen molar-refractivity contribution < 1.29 is 13.2 Å². The Morgan fingerprint density at radius 3 is 2.28 bits per heavy atom. The second kappa shape index (κ2) is 7.06. The molecule has 1 aromatic heterocycles. The van der Waals surface area contributed by atoms with Crippen molar-refractivity contribution in [3.63, 3.8) is 0 Å². The van der Waals surface area contributed by atoms with Crippen LogP contribution in [0.2, 0.25) is 0 Å². The lowest BCUT2D eigenvalue weighted by molar-refractivity contribution is -0.114. The zero-order valence-electron chi connectivity index (χ0n) is 13.8. The van der Waals surface area contributed by atoms with Gasteiger partial charge in [-0.1, -0.05) is 0 Å². The highest BCUT2D eigenvalue weighted by molar-refractivity contribution is 7.92. The fraction of sp³-hybridized carbons (Fsp3) is 0.312. The van der Waals surface area contributed by atoms with Crippen molar-refractivity contribution in [2.75, 3.05) is 28.0 Å². The molecule has 1 saturated heterocycles. The third kappa shape index (κ3) is 4.24. The van der Waals surface area contributed by atoms with E-state index >= 15 is 0 Å². The van der Waals surface area contributed by atoms with Crippen molar-refractivity contribution in [3.05, 3.63) is 36.4 Å². The van der Waals surface area contributed by atoms with Crippen molar-refractivity contribution >= 4 is 33.3 Å². The Kier molecular flexibility index (Phi) is 4.84. The molecule has 1 aromatic carbocycles. The summed E-state index contributed by atoms with van der Waals surface area (Å²) in [5.74, 6) is 0.691. The van der Waals surface area contributed by atoms with Crippen LogP contribution in [0, 0.1) is 0 Å². The molecule has 2 aromatic rings. The molecule has 132 valence electrons. The van der Waals surface area contributed by atoms with E-state index in [0.29, 0.717) is 5.69 Å². The van der Waals surface area contributed by atoms with Crippen LogP contribution >= 0.6 is 0 Å². The Bertz CT molecular complexity index is 844. The van der Waals surface area contributed by atoms with Gasteiger partial charge in [-0.3, -0.25) is 9.52 Å². The van der Waals surface area contributed by atoms with Crippen molar-refractivity contribution in [1.29, 1.82) is 0 Å². The quantitative estimate of drug-likeness (QED) is 0.842. The molecule has 0 spiro atoms. The molecule has 9 heteroatoms. The number of aromatic nitrogens is 2. The van der Waals surface area contributed by atoms with E-state index in [-0.39, 0.29) is 16.6 Å². The SMILES string of the molecule is CC(=O)Nc1ccc(S(=O)(=O)Nc2ccc(N3CCCC3)nn2)cc1. The summed E-state index contributed by atoms with van der Waals surface area (Å²) < 4.78 is 27.2. The number of amides is 1. The number of carbonyl (C=O) groups excluding carboxylic acids is 1. The van der Waals surface area contributed by atoms with Crippen molar-refractivity contribution in [3.8, 4) is 0 Å². The lowest BCUT2D eigenvalue weighted by Gasteiger charge is -2.15. The molecular weight excluding hydrogens is 342 g/mol. The predicted octanol–water partition coefficient (Wildman–Crippen LogP) is 1.84. The van der Waals surface area contributed by atoms with Crippen LogP contribution in [0.3, 0.4) is 0 Å². The number of sulfonamides is 1. The van der Waals surface area contributed by atoms with Gasteiger partial charge in [0, 0.05) is 25.7 Å². The Morgan fingerprint density at radius 2 is 1.72 bits per heavy atom. The summed E-state index contributed by atoms with van der Waals surface area (Å²) in [4.78, 5) is 13.2. The van der Waals surface area contributed by atoms with E-state index in [9.17, 15) is 13.2 Å². The molecule has 0 atom stereocenters. The monoisotopic (exact) mass is 361 g/mol. The third-order valence-electron chi connectivity index (χ3n) is 3.80. The number of nitrogens with one attached hydrogen (secondary N) is 2. The molecule has 8 nitrogen and oxygen atoms in total. The molecule has 1 amide bonds. The van der Waals surface area contributed by atoms with Crippen LogP contribution in [-0.2, 0) is 14.8 Å². The molecule has 0 radical (unpaired) electrons. The largest absolute Gasteiger partial charge is 0.355 e. The second-order valence-corrected chi connectivity index (χ2v) is 7.46. The van der Waals surface area contributed by atoms with Gasteiger partial charge in [0.25, 0.3) is 10.0 Å². The van der Waals surface area contributed by atoms with Crippen LogP contribution in [0.4, 0.5) is 17.3 Å². The first-order valence-electron chi connectivity index (χ1n) is 7.93. The van der Waals surface area contributed by atoms with Crippen LogP contribution in [0.25, 0.3) is 0 Å². The number of rotatable bonds is 5. The summed E-state index contributed by atoms with van der Waals surface area (Å²) in [5, 5.41) is 10.6. The maximum absolute atomic E-state index is 12.4. The molecule has 1 fully saturated rings. The maximum atomic E-state index is 12.4. The lowest BCUT2D eigenvalue weighted by Crippen LogP contribution is -2.20. The standard InChI is InChI=1S/C16H19N5O3S/c1-12(22)17-13-4-6-14(7-5-13)25(23,24)20-15-8-9-16(19-18-15)21-10-2-3-11-21/h4-9H,2-3,10-11H2,1H3,(H,17,22)(H,18,20). The highest BCUT2D eigenvalue weighted by Crippen LogP contribution is 2.20. The molecule has 1 aliphatic heterocycles. The molecular formula is C16H19N5O3S. The van der Waals surface area contributed by atoms with Gasteiger partial charge in [-0.15, -0.1) is 10.2 Å². The van der Waals surface area contributed by atoms with Gasteiger partial charge in [-0.25, -0.2) is 8.42 Å². The summed E-state index contributed by atoms with van der Waals surface area (Å²) in [7, 11) is -3.77. The van der Waals surface area contributed by atoms with Gasteiger partial charge >= 0.3 is 0 Å². The topological polar surface area (TPSA) is 104 Å². The van der Waals surface area contributed by atoms with Gasteiger partial charge in [-0.05, 0) is 49.2 Å². The van der Waals surface area contributed by atoms with Gasteiger partial charge in [0.05, 0.1) is 4.90 Å². The van der Waals surface area contributed by atoms with Gasteiger partial charge < -0.3 is 10.2 Å². The average molecular weight is 361 g/mol. The first-order chi connectivity index (χ1) is 11.9. The second-order valence-electron chi connectivity index (χ2n) is 5.78. The molecule has 0 bridgehead atoms. The lowest BCUT2D eigenvalue weighted by atomic mass is 10.3. The first kappa shape index (κ1) is 17.2. The summed E-state index contributed by atoms with van der Waals surface area (Å²) in [6.07, 6.45) is 2.26. The highest BCUT2D eigenvalue weighted by Gasteiger charge is 2.17. The average Bonchev–Trinajstić information content (AvgIpc) is 3.09. The minimum atomic E-state index is -3.77. The van der Waals surface area contributed by atoms with Crippen LogP contribution in [0.15, 0.2) is 41.3 Å². The van der Waals surface area contributed by atoms with Crippen LogP contribution in [-0.4, -0.2) is 37.6 Å². The Labute approximate surface area is 146 Å². The van der Waals surface area contributed by atoms with E-state index < -0.39 is 10.0 Å². The molecule has 0 saturated carbocycles. The van der Waals surface area contributed by atoms with Crippen molar-refractivity contribution in [1.82, 2.24) is 10.2 Å². The number of anilines is 3. The highest BCUT2D eigenvalue weighted by atomic mass is 32.2. The Hall–Kier alpha value is -2.68. The predicted molar refractivity (Wildman–Crippen MR) is 95.0 cm³/mol. The van der Waals surface area contributed by atoms with Crippen LogP contribution in [0.1, 0.15) is 19.8 Å². The zero-order chi connectivity index (χ0) is 17.9. The summed E-state index contributed by atoms with van der Waals surface area (Å²) in [5.41, 5.74) is 0.529. The smallest absolute Gasteiger partial charge is 0.263 e. The fourth-order valence-corrected chi connectivity index (χ4v) is 3.61. The summed E-state index contributed by atoms with van der Waals surface area (Å²) in [6.45, 7) is 3.28. The Balaban J connectivity index is 1.71. The molecule has 3 rings (SSSR count). The normalized spacial score (nSPS) is 14.4. The number of carbonyl (C=O) groups is 1. The van der Waals surface area contributed by atoms with Gasteiger partial charge in [0.1, 0.15) is 0 Å². The van der Waals surface area contributed by atoms with Crippen molar-refractivity contribution in [2.24, 2.45) is 0 Å². The Morgan fingerprint density at radius 1 is 1.04 bits per heavy atom. The molecule has 0 aliphatic carbocycles. The number of hydrogen-bond acceptors (Lipinski definition) is 6. The zero-order valence-corrected chi connectivity index (χ0v) is 14.6. The molecule has 2 heterocycles. The maximum Gasteiger partial charge on any atom is 0.263 e. The van der Waals surface area contributed by atoms with Crippen LogP contribution in [0.5, 0.6) is 0 Å². The minimum absolute atomic E-state index is 0.0759. The van der Waals surface area contributed by atoms with Crippen LogP contribution < -0.4 is 14.9 Å². The number of benzene rings is 1. The van der Waals surface area contributed by atoms with E-state index in [1.165, 1.54) is 31.2 Å². The first-order valence-corrected chi connectivity index (χ1v) is 9.41. The van der Waals surface area contributed by atoms with E-state index in [2.05, 4.69) is 25.1 Å². The van der Waals surface area contributed by atoms with E-state index in [1.807, 2.05) is 0 Å². The molecule has 0 unspecified atom stereocenters. The molecule has 1 aliphatic rings. The molecule has 2 N–H and O–H groups in total. The van der Waals surface area contributed by atoms with Crippen molar-refractivity contribution in [2.45, 2.75) is 24.7 Å². The van der Waals surface area contributed by atoms with Gasteiger partial charge in [0.15, 0.2) is 11.6 Å². The number of nitrogens with zero attached hydrogens (tertiary/aromatic N) is 3. The number of hydrogen-bond donors (Lipinski definition) is 2. The third-order valence-corrected chi connectivity index (χ3v) is 5.18. The minimum Gasteiger partial charge on any atom is -0.355 e. The van der Waals surface area contributed by atoms with Gasteiger partial charge in [-0.2, -0.15) is 0 Å². The fourth-order valence-electron chi connectivity index (χ4n) is 2.61. The van der Waals surface area contributed by atoms with E-state index in [4.69, 9.17) is 0 Å². The van der Waals surface area contributed by atoms with E-state index in [1.54, 1.807) is 12.1 Å².